The normalized spacial score (nSPS) is 21.2. The standard InChI is InChI=1S/C19H20N2/c1-13-2-4-14(5-3-13)16-11-18(12-16)21-17-6-7-19-15(10-17)8-9-20-19/h2-10,16,18,20-21H,11-12H2,1H3. The number of hydrogen-bond acceptors (Lipinski definition) is 1. The lowest BCUT2D eigenvalue weighted by molar-refractivity contribution is 0.374. The quantitative estimate of drug-likeness (QED) is 0.704. The van der Waals surface area contributed by atoms with Gasteiger partial charge in [0.05, 0.1) is 0 Å². The van der Waals surface area contributed by atoms with Crippen molar-refractivity contribution >= 4 is 16.6 Å². The fraction of sp³-hybridized carbons (Fsp3) is 0.263. The summed E-state index contributed by atoms with van der Waals surface area (Å²) in [6.45, 7) is 2.14. The molecule has 1 aromatic heterocycles. The molecule has 2 aromatic carbocycles. The van der Waals surface area contributed by atoms with Gasteiger partial charge < -0.3 is 10.3 Å². The van der Waals surface area contributed by atoms with Crippen LogP contribution in [-0.2, 0) is 0 Å². The van der Waals surface area contributed by atoms with E-state index in [-0.39, 0.29) is 0 Å². The van der Waals surface area contributed by atoms with Crippen LogP contribution in [0, 0.1) is 6.92 Å². The Labute approximate surface area is 125 Å². The molecule has 1 aliphatic rings. The van der Waals surface area contributed by atoms with Gasteiger partial charge in [0, 0.05) is 28.8 Å². The van der Waals surface area contributed by atoms with Crippen LogP contribution in [0.25, 0.3) is 10.9 Å². The van der Waals surface area contributed by atoms with Crippen LogP contribution in [0.5, 0.6) is 0 Å². The van der Waals surface area contributed by atoms with Gasteiger partial charge in [0.15, 0.2) is 0 Å². The van der Waals surface area contributed by atoms with Crippen molar-refractivity contribution < 1.29 is 0 Å². The Morgan fingerprint density at radius 3 is 2.62 bits per heavy atom. The number of aryl methyl sites for hydroxylation is 1. The summed E-state index contributed by atoms with van der Waals surface area (Å²) in [6, 6.07) is 18.3. The van der Waals surface area contributed by atoms with Gasteiger partial charge in [0.25, 0.3) is 0 Å². The van der Waals surface area contributed by atoms with E-state index in [1.54, 1.807) is 0 Å². The highest BCUT2D eigenvalue weighted by Gasteiger charge is 2.30. The molecule has 1 heterocycles. The van der Waals surface area contributed by atoms with Gasteiger partial charge in [0.1, 0.15) is 0 Å². The minimum absolute atomic E-state index is 0.604. The van der Waals surface area contributed by atoms with Crippen LogP contribution in [0.1, 0.15) is 29.9 Å². The second-order valence-corrected chi connectivity index (χ2v) is 6.20. The van der Waals surface area contributed by atoms with Crippen LogP contribution in [-0.4, -0.2) is 11.0 Å². The Morgan fingerprint density at radius 2 is 1.81 bits per heavy atom. The molecule has 2 heteroatoms. The Hall–Kier alpha value is -2.22. The number of nitrogens with one attached hydrogen (secondary N) is 2. The first kappa shape index (κ1) is 12.5. The molecule has 1 fully saturated rings. The van der Waals surface area contributed by atoms with Gasteiger partial charge in [-0.1, -0.05) is 29.8 Å². The molecular formula is C19H20N2. The first-order chi connectivity index (χ1) is 10.3. The molecule has 1 aliphatic carbocycles. The summed E-state index contributed by atoms with van der Waals surface area (Å²) in [5, 5.41) is 4.93. The predicted molar refractivity (Wildman–Crippen MR) is 88.9 cm³/mol. The maximum atomic E-state index is 3.66. The van der Waals surface area contributed by atoms with Gasteiger partial charge >= 0.3 is 0 Å². The number of aromatic amines is 1. The summed E-state index contributed by atoms with van der Waals surface area (Å²) in [5.41, 5.74) is 5.26. The lowest BCUT2D eigenvalue weighted by Crippen LogP contribution is -2.33. The SMILES string of the molecule is Cc1ccc(C2CC(Nc3ccc4[nH]ccc4c3)C2)cc1. The maximum Gasteiger partial charge on any atom is 0.0455 e. The van der Waals surface area contributed by atoms with E-state index < -0.39 is 0 Å². The molecule has 0 bridgehead atoms. The third kappa shape index (κ3) is 2.42. The highest BCUT2D eigenvalue weighted by molar-refractivity contribution is 5.83. The number of fused-ring (bicyclic) bond motifs is 1. The minimum Gasteiger partial charge on any atom is -0.382 e. The van der Waals surface area contributed by atoms with Crippen molar-refractivity contribution in [3.8, 4) is 0 Å². The third-order valence-electron chi connectivity index (χ3n) is 4.61. The summed E-state index contributed by atoms with van der Waals surface area (Å²) in [7, 11) is 0. The third-order valence-corrected chi connectivity index (χ3v) is 4.61. The molecule has 4 rings (SSSR count). The van der Waals surface area contributed by atoms with Crippen molar-refractivity contribution in [1.82, 2.24) is 4.98 Å². The average Bonchev–Trinajstić information content (AvgIpc) is 2.91. The van der Waals surface area contributed by atoms with Gasteiger partial charge in [-0.05, 0) is 55.5 Å². The number of H-pyrrole nitrogens is 1. The Bertz CT molecular complexity index is 749. The highest BCUT2D eigenvalue weighted by Crippen LogP contribution is 2.38. The van der Waals surface area contributed by atoms with E-state index in [1.165, 1.54) is 40.6 Å². The molecule has 1 saturated carbocycles. The average molecular weight is 276 g/mol. The maximum absolute atomic E-state index is 3.66. The lowest BCUT2D eigenvalue weighted by atomic mass is 9.75. The predicted octanol–water partition coefficient (Wildman–Crippen LogP) is 4.83. The molecule has 2 nitrogen and oxygen atoms in total. The molecule has 0 spiro atoms. The van der Waals surface area contributed by atoms with E-state index in [2.05, 4.69) is 65.8 Å². The zero-order valence-electron chi connectivity index (χ0n) is 12.3. The lowest BCUT2D eigenvalue weighted by Gasteiger charge is -2.37. The van der Waals surface area contributed by atoms with Crippen molar-refractivity contribution in [2.75, 3.05) is 5.32 Å². The molecular weight excluding hydrogens is 256 g/mol. The van der Waals surface area contributed by atoms with Crippen LogP contribution in [0.15, 0.2) is 54.7 Å². The second kappa shape index (κ2) is 4.96. The summed E-state index contributed by atoms with van der Waals surface area (Å²) in [5.74, 6) is 0.721. The molecule has 0 amide bonds. The largest absolute Gasteiger partial charge is 0.382 e. The number of benzene rings is 2. The van der Waals surface area contributed by atoms with Crippen molar-refractivity contribution in [3.05, 3.63) is 65.9 Å². The zero-order valence-corrected chi connectivity index (χ0v) is 12.3. The molecule has 0 unspecified atom stereocenters. The van der Waals surface area contributed by atoms with Crippen molar-refractivity contribution in [3.63, 3.8) is 0 Å². The second-order valence-electron chi connectivity index (χ2n) is 6.20. The highest BCUT2D eigenvalue weighted by atomic mass is 14.9. The van der Waals surface area contributed by atoms with Crippen LogP contribution in [0.3, 0.4) is 0 Å². The first-order valence-corrected chi connectivity index (χ1v) is 7.68. The van der Waals surface area contributed by atoms with Gasteiger partial charge in [-0.3, -0.25) is 0 Å². The van der Waals surface area contributed by atoms with E-state index in [0.29, 0.717) is 6.04 Å². The van der Waals surface area contributed by atoms with E-state index in [1.807, 2.05) is 6.20 Å². The fourth-order valence-electron chi connectivity index (χ4n) is 3.23. The van der Waals surface area contributed by atoms with Crippen LogP contribution >= 0.6 is 0 Å². The molecule has 0 radical (unpaired) electrons. The molecule has 2 N–H and O–H groups in total. The van der Waals surface area contributed by atoms with Crippen molar-refractivity contribution in [2.45, 2.75) is 31.7 Å². The molecule has 3 aromatic rings. The van der Waals surface area contributed by atoms with Gasteiger partial charge in [0.2, 0.25) is 0 Å². The smallest absolute Gasteiger partial charge is 0.0455 e. The summed E-state index contributed by atoms with van der Waals surface area (Å²) >= 11 is 0. The van der Waals surface area contributed by atoms with E-state index in [4.69, 9.17) is 0 Å². The number of rotatable bonds is 3. The van der Waals surface area contributed by atoms with E-state index >= 15 is 0 Å². The monoisotopic (exact) mass is 276 g/mol. The van der Waals surface area contributed by atoms with Crippen molar-refractivity contribution in [1.29, 1.82) is 0 Å². The summed E-state index contributed by atoms with van der Waals surface area (Å²) in [6.07, 6.45) is 4.45. The number of hydrogen-bond donors (Lipinski definition) is 2. The molecule has 106 valence electrons. The molecule has 0 saturated heterocycles. The van der Waals surface area contributed by atoms with Gasteiger partial charge in [-0.2, -0.15) is 0 Å². The van der Waals surface area contributed by atoms with Gasteiger partial charge in [-0.25, -0.2) is 0 Å². The Morgan fingerprint density at radius 1 is 1.00 bits per heavy atom. The van der Waals surface area contributed by atoms with Gasteiger partial charge in [-0.15, -0.1) is 0 Å². The van der Waals surface area contributed by atoms with Crippen molar-refractivity contribution in [2.24, 2.45) is 0 Å². The van der Waals surface area contributed by atoms with E-state index in [9.17, 15) is 0 Å². The van der Waals surface area contributed by atoms with E-state index in [0.717, 1.165) is 5.92 Å². The zero-order chi connectivity index (χ0) is 14.2. The Balaban J connectivity index is 1.40. The fourth-order valence-corrected chi connectivity index (χ4v) is 3.23. The molecule has 21 heavy (non-hydrogen) atoms. The summed E-state index contributed by atoms with van der Waals surface area (Å²) in [4.78, 5) is 3.23. The number of aromatic nitrogens is 1. The van der Waals surface area contributed by atoms with Crippen LogP contribution in [0.2, 0.25) is 0 Å². The molecule has 0 atom stereocenters. The summed E-state index contributed by atoms with van der Waals surface area (Å²) < 4.78 is 0. The topological polar surface area (TPSA) is 27.8 Å². The Kier molecular flexibility index (Phi) is 2.95. The minimum atomic E-state index is 0.604. The number of anilines is 1. The van der Waals surface area contributed by atoms with Crippen LogP contribution in [0.4, 0.5) is 5.69 Å². The first-order valence-electron chi connectivity index (χ1n) is 7.68. The van der Waals surface area contributed by atoms with Crippen LogP contribution < -0.4 is 5.32 Å². The molecule has 0 aliphatic heterocycles.